The fourth-order valence-corrected chi connectivity index (χ4v) is 4.88. The maximum Gasteiger partial charge on any atom is 0.264 e. The standard InChI is InChI=1S/C27H21N5O3S/c1-18-24(22-10-5-6-11-23(22)31-25(18)19-8-3-2-4-9-19)26(33)30-20-12-14-21(15-13-20)36(34,35)32-27-28-16-7-17-29-27/h2-17H,1H3,(H,30,33)(H,28,29,32). The molecular formula is C27H21N5O3S. The molecule has 9 heteroatoms. The summed E-state index contributed by atoms with van der Waals surface area (Å²) in [6, 6.07) is 24.7. The van der Waals surface area contributed by atoms with Crippen LogP contribution >= 0.6 is 0 Å². The van der Waals surface area contributed by atoms with Crippen LogP contribution in [0.2, 0.25) is 0 Å². The molecule has 8 nitrogen and oxygen atoms in total. The lowest BCUT2D eigenvalue weighted by molar-refractivity contribution is 0.102. The Morgan fingerprint density at radius 3 is 2.19 bits per heavy atom. The van der Waals surface area contributed by atoms with Crippen LogP contribution in [0.4, 0.5) is 11.6 Å². The van der Waals surface area contributed by atoms with Gasteiger partial charge in [-0.3, -0.25) is 4.79 Å². The summed E-state index contributed by atoms with van der Waals surface area (Å²) in [6.07, 6.45) is 2.88. The van der Waals surface area contributed by atoms with E-state index in [0.717, 1.165) is 22.2 Å². The molecule has 0 aliphatic carbocycles. The van der Waals surface area contributed by atoms with E-state index in [9.17, 15) is 13.2 Å². The molecule has 2 N–H and O–H groups in total. The number of rotatable bonds is 6. The van der Waals surface area contributed by atoms with E-state index in [1.165, 1.54) is 36.7 Å². The molecule has 0 spiro atoms. The molecule has 3 aromatic carbocycles. The number of hydrogen-bond acceptors (Lipinski definition) is 6. The number of para-hydroxylation sites is 1. The first-order valence-corrected chi connectivity index (χ1v) is 12.6. The number of aromatic nitrogens is 3. The van der Waals surface area contributed by atoms with Crippen molar-refractivity contribution in [3.05, 3.63) is 108 Å². The highest BCUT2D eigenvalue weighted by molar-refractivity contribution is 7.92. The van der Waals surface area contributed by atoms with Crippen molar-refractivity contribution in [2.45, 2.75) is 11.8 Å². The van der Waals surface area contributed by atoms with Gasteiger partial charge < -0.3 is 5.32 Å². The van der Waals surface area contributed by atoms with E-state index in [1.807, 2.05) is 61.5 Å². The van der Waals surface area contributed by atoms with Gasteiger partial charge in [-0.2, -0.15) is 0 Å². The van der Waals surface area contributed by atoms with Gasteiger partial charge in [0.25, 0.3) is 15.9 Å². The molecule has 5 rings (SSSR count). The van der Waals surface area contributed by atoms with Crippen LogP contribution in [-0.2, 0) is 10.0 Å². The number of amides is 1. The summed E-state index contributed by atoms with van der Waals surface area (Å²) in [5.41, 5.74) is 4.08. The van der Waals surface area contributed by atoms with Crippen LogP contribution in [0.15, 0.2) is 102 Å². The second-order valence-corrected chi connectivity index (χ2v) is 9.68. The summed E-state index contributed by atoms with van der Waals surface area (Å²) < 4.78 is 27.6. The number of fused-ring (bicyclic) bond motifs is 1. The number of carbonyl (C=O) groups is 1. The van der Waals surface area contributed by atoms with Gasteiger partial charge in [-0.15, -0.1) is 0 Å². The van der Waals surface area contributed by atoms with Crippen molar-refractivity contribution in [1.29, 1.82) is 0 Å². The van der Waals surface area contributed by atoms with Gasteiger partial charge in [0.05, 0.1) is 21.7 Å². The number of anilines is 2. The molecule has 0 unspecified atom stereocenters. The Morgan fingerprint density at radius 1 is 0.806 bits per heavy atom. The molecule has 0 fully saturated rings. The van der Waals surface area contributed by atoms with E-state index in [4.69, 9.17) is 4.98 Å². The lowest BCUT2D eigenvalue weighted by atomic mass is 9.97. The van der Waals surface area contributed by atoms with Gasteiger partial charge in [0.15, 0.2) is 0 Å². The molecule has 0 aliphatic rings. The van der Waals surface area contributed by atoms with E-state index < -0.39 is 10.0 Å². The minimum Gasteiger partial charge on any atom is -0.322 e. The van der Waals surface area contributed by atoms with Crippen LogP contribution in [0.3, 0.4) is 0 Å². The fraction of sp³-hybridized carbons (Fsp3) is 0.0370. The molecule has 0 saturated carbocycles. The number of hydrogen-bond donors (Lipinski definition) is 2. The Kier molecular flexibility index (Phi) is 6.14. The fourth-order valence-electron chi connectivity index (χ4n) is 3.92. The van der Waals surface area contributed by atoms with Crippen molar-refractivity contribution in [3.8, 4) is 11.3 Å². The van der Waals surface area contributed by atoms with Crippen LogP contribution < -0.4 is 10.0 Å². The predicted molar refractivity (Wildman–Crippen MR) is 139 cm³/mol. The molecule has 0 bridgehead atoms. The van der Waals surface area contributed by atoms with E-state index in [0.29, 0.717) is 16.8 Å². The molecule has 0 atom stereocenters. The van der Waals surface area contributed by atoms with Crippen LogP contribution in [0.25, 0.3) is 22.2 Å². The van der Waals surface area contributed by atoms with Crippen LogP contribution in [0.5, 0.6) is 0 Å². The summed E-state index contributed by atoms with van der Waals surface area (Å²) in [5, 5.41) is 3.63. The molecule has 2 heterocycles. The van der Waals surface area contributed by atoms with Crippen molar-refractivity contribution < 1.29 is 13.2 Å². The van der Waals surface area contributed by atoms with E-state index in [-0.39, 0.29) is 16.8 Å². The maximum absolute atomic E-state index is 13.5. The molecule has 1 amide bonds. The van der Waals surface area contributed by atoms with Gasteiger partial charge in [0.2, 0.25) is 5.95 Å². The van der Waals surface area contributed by atoms with Crippen molar-refractivity contribution in [2.24, 2.45) is 0 Å². The average molecular weight is 496 g/mol. The first-order valence-electron chi connectivity index (χ1n) is 11.1. The van der Waals surface area contributed by atoms with Gasteiger partial charge in [0.1, 0.15) is 0 Å². The van der Waals surface area contributed by atoms with E-state index in [1.54, 1.807) is 6.07 Å². The molecular weight excluding hydrogens is 474 g/mol. The smallest absolute Gasteiger partial charge is 0.264 e. The largest absolute Gasteiger partial charge is 0.322 e. The highest BCUT2D eigenvalue weighted by Gasteiger charge is 2.20. The topological polar surface area (TPSA) is 114 Å². The number of pyridine rings is 1. The van der Waals surface area contributed by atoms with E-state index in [2.05, 4.69) is 20.0 Å². The van der Waals surface area contributed by atoms with Gasteiger partial charge in [-0.1, -0.05) is 48.5 Å². The average Bonchev–Trinajstić information content (AvgIpc) is 2.89. The first kappa shape index (κ1) is 23.1. The van der Waals surface area contributed by atoms with Crippen molar-refractivity contribution in [2.75, 3.05) is 10.0 Å². The van der Waals surface area contributed by atoms with Gasteiger partial charge >= 0.3 is 0 Å². The second-order valence-electron chi connectivity index (χ2n) is 8.00. The molecule has 0 aliphatic heterocycles. The van der Waals surface area contributed by atoms with Crippen molar-refractivity contribution in [3.63, 3.8) is 0 Å². The van der Waals surface area contributed by atoms with Gasteiger partial charge in [-0.25, -0.2) is 28.1 Å². The third-order valence-corrected chi connectivity index (χ3v) is 6.97. The Bertz CT molecular complexity index is 1660. The Morgan fingerprint density at radius 2 is 1.47 bits per heavy atom. The molecule has 5 aromatic rings. The monoisotopic (exact) mass is 495 g/mol. The predicted octanol–water partition coefficient (Wildman–Crippen LogP) is 5.05. The molecule has 178 valence electrons. The summed E-state index contributed by atoms with van der Waals surface area (Å²) in [4.78, 5) is 26.0. The maximum atomic E-state index is 13.5. The first-order chi connectivity index (χ1) is 17.4. The summed E-state index contributed by atoms with van der Waals surface area (Å²) in [5.74, 6) is -0.334. The van der Waals surface area contributed by atoms with E-state index >= 15 is 0 Å². The van der Waals surface area contributed by atoms with Crippen molar-refractivity contribution in [1.82, 2.24) is 15.0 Å². The zero-order valence-electron chi connectivity index (χ0n) is 19.2. The zero-order chi connectivity index (χ0) is 25.1. The SMILES string of the molecule is Cc1c(-c2ccccc2)nc2ccccc2c1C(=O)Nc1ccc(S(=O)(=O)Nc2ncccn2)cc1. The normalized spacial score (nSPS) is 11.2. The molecule has 36 heavy (non-hydrogen) atoms. The van der Waals surface area contributed by atoms with Crippen molar-refractivity contribution >= 4 is 38.5 Å². The van der Waals surface area contributed by atoms with Crippen LogP contribution in [0.1, 0.15) is 15.9 Å². The molecule has 0 radical (unpaired) electrons. The van der Waals surface area contributed by atoms with Crippen LogP contribution in [-0.4, -0.2) is 29.3 Å². The van der Waals surface area contributed by atoms with Crippen LogP contribution in [0, 0.1) is 6.92 Å². The lowest BCUT2D eigenvalue weighted by Gasteiger charge is -2.15. The van der Waals surface area contributed by atoms with Gasteiger partial charge in [0, 0.05) is 29.0 Å². The highest BCUT2D eigenvalue weighted by atomic mass is 32.2. The molecule has 0 saturated heterocycles. The second kappa shape index (κ2) is 9.55. The minimum absolute atomic E-state index is 0.0184. The summed E-state index contributed by atoms with van der Waals surface area (Å²) in [7, 11) is -3.88. The minimum atomic E-state index is -3.88. The lowest BCUT2D eigenvalue weighted by Crippen LogP contribution is -2.16. The zero-order valence-corrected chi connectivity index (χ0v) is 20.0. The highest BCUT2D eigenvalue weighted by Crippen LogP contribution is 2.30. The third kappa shape index (κ3) is 4.64. The number of sulfonamides is 1. The number of nitrogens with one attached hydrogen (secondary N) is 2. The Labute approximate surface area is 208 Å². The summed E-state index contributed by atoms with van der Waals surface area (Å²) in [6.45, 7) is 1.88. The molecule has 2 aromatic heterocycles. The third-order valence-electron chi connectivity index (χ3n) is 5.62. The number of benzene rings is 3. The Hall–Kier alpha value is -4.63. The number of carbonyl (C=O) groups excluding carboxylic acids is 1. The summed E-state index contributed by atoms with van der Waals surface area (Å²) >= 11 is 0. The number of nitrogens with zero attached hydrogens (tertiary/aromatic N) is 3. The van der Waals surface area contributed by atoms with Gasteiger partial charge in [-0.05, 0) is 48.9 Å². The Balaban J connectivity index is 1.45. The quantitative estimate of drug-likeness (QED) is 0.341.